The number of carbonyl (C=O) groups is 4. The number of nitrogens with one attached hydrogen (secondary N) is 2. The summed E-state index contributed by atoms with van der Waals surface area (Å²) in [4.78, 5) is 55.8. The first kappa shape index (κ1) is 30.8. The van der Waals surface area contributed by atoms with E-state index < -0.39 is 47.9 Å². The first-order chi connectivity index (χ1) is 16.6. The van der Waals surface area contributed by atoms with Crippen LogP contribution >= 0.6 is 23.5 Å². The molecular formula is C21H39N7O5S2. The largest absolute Gasteiger partial charge is 0.480 e. The van der Waals surface area contributed by atoms with E-state index in [4.69, 9.17) is 17.2 Å². The van der Waals surface area contributed by atoms with Gasteiger partial charge in [-0.25, -0.2) is 4.79 Å². The van der Waals surface area contributed by atoms with E-state index in [9.17, 15) is 24.3 Å². The molecule has 0 aliphatic carbocycles. The van der Waals surface area contributed by atoms with Crippen molar-refractivity contribution in [2.45, 2.75) is 62.7 Å². The fourth-order valence-corrected chi connectivity index (χ4v) is 4.64. The molecule has 1 saturated heterocycles. The molecule has 1 aliphatic rings. The van der Waals surface area contributed by atoms with E-state index >= 15 is 0 Å². The van der Waals surface area contributed by atoms with Gasteiger partial charge < -0.3 is 37.8 Å². The molecule has 0 aromatic carbocycles. The van der Waals surface area contributed by atoms with E-state index in [1.165, 1.54) is 16.7 Å². The van der Waals surface area contributed by atoms with E-state index in [-0.39, 0.29) is 25.3 Å². The second-order valence-electron chi connectivity index (χ2n) is 8.27. The number of likely N-dealkylation sites (tertiary alicyclic amines) is 1. The van der Waals surface area contributed by atoms with Gasteiger partial charge in [0, 0.05) is 13.1 Å². The van der Waals surface area contributed by atoms with Crippen LogP contribution in [0.15, 0.2) is 4.99 Å². The number of aliphatic carboxylic acids is 1. The van der Waals surface area contributed by atoms with Gasteiger partial charge in [-0.2, -0.15) is 23.5 Å². The maximum atomic E-state index is 13.4. The van der Waals surface area contributed by atoms with Gasteiger partial charge in [0.15, 0.2) is 5.96 Å². The number of guanidine groups is 1. The fraction of sp³-hybridized carbons (Fsp3) is 0.762. The predicted molar refractivity (Wildman–Crippen MR) is 140 cm³/mol. The highest BCUT2D eigenvalue weighted by atomic mass is 32.2. The quantitative estimate of drug-likeness (QED) is 0.0803. The van der Waals surface area contributed by atoms with Crippen molar-refractivity contribution in [3.05, 3.63) is 0 Å². The van der Waals surface area contributed by atoms with Crippen LogP contribution in [-0.4, -0.2) is 101 Å². The van der Waals surface area contributed by atoms with Gasteiger partial charge in [0.25, 0.3) is 0 Å². The molecule has 1 rings (SSSR count). The summed E-state index contributed by atoms with van der Waals surface area (Å²) in [5, 5.41) is 14.7. The summed E-state index contributed by atoms with van der Waals surface area (Å²) in [5.74, 6) is -1.27. The van der Waals surface area contributed by atoms with E-state index in [2.05, 4.69) is 15.6 Å². The highest BCUT2D eigenvalue weighted by molar-refractivity contribution is 7.98. The Labute approximate surface area is 214 Å². The van der Waals surface area contributed by atoms with Gasteiger partial charge in [0.1, 0.15) is 18.1 Å². The maximum Gasteiger partial charge on any atom is 0.326 e. The van der Waals surface area contributed by atoms with Crippen molar-refractivity contribution in [1.82, 2.24) is 15.5 Å². The Kier molecular flexibility index (Phi) is 14.5. The molecule has 35 heavy (non-hydrogen) atoms. The fourth-order valence-electron chi connectivity index (χ4n) is 3.68. The van der Waals surface area contributed by atoms with Crippen molar-refractivity contribution in [1.29, 1.82) is 0 Å². The minimum Gasteiger partial charge on any atom is -0.480 e. The highest BCUT2D eigenvalue weighted by Gasteiger charge is 2.38. The number of hydrogen-bond acceptors (Lipinski definition) is 8. The van der Waals surface area contributed by atoms with Crippen LogP contribution in [0, 0.1) is 0 Å². The van der Waals surface area contributed by atoms with Crippen LogP contribution in [0.3, 0.4) is 0 Å². The monoisotopic (exact) mass is 533 g/mol. The predicted octanol–water partition coefficient (Wildman–Crippen LogP) is -1.08. The zero-order valence-electron chi connectivity index (χ0n) is 20.4. The van der Waals surface area contributed by atoms with Crippen LogP contribution < -0.4 is 27.8 Å². The Morgan fingerprint density at radius 1 is 1.06 bits per heavy atom. The summed E-state index contributed by atoms with van der Waals surface area (Å²) in [6.07, 6.45) is 6.19. The Morgan fingerprint density at radius 3 is 2.31 bits per heavy atom. The number of carboxylic acids is 1. The molecule has 1 aliphatic heterocycles. The number of rotatable bonds is 16. The molecule has 0 aromatic rings. The second kappa shape index (κ2) is 16.5. The zero-order valence-corrected chi connectivity index (χ0v) is 22.0. The first-order valence-corrected chi connectivity index (χ1v) is 14.3. The number of nitrogens with zero attached hydrogens (tertiary/aromatic N) is 2. The van der Waals surface area contributed by atoms with Crippen LogP contribution in [0.4, 0.5) is 0 Å². The third-order valence-electron chi connectivity index (χ3n) is 5.59. The van der Waals surface area contributed by atoms with Gasteiger partial charge in [-0.3, -0.25) is 19.4 Å². The lowest BCUT2D eigenvalue weighted by atomic mass is 10.1. The number of hydrogen-bond donors (Lipinski definition) is 6. The van der Waals surface area contributed by atoms with E-state index in [1.54, 1.807) is 11.8 Å². The normalized spacial score (nSPS) is 17.8. The van der Waals surface area contributed by atoms with Gasteiger partial charge in [-0.1, -0.05) is 0 Å². The lowest BCUT2D eigenvalue weighted by molar-refractivity contribution is -0.145. The Hall–Kier alpha value is -2.19. The first-order valence-electron chi connectivity index (χ1n) is 11.5. The van der Waals surface area contributed by atoms with Gasteiger partial charge in [-0.05, 0) is 62.5 Å². The standard InChI is InChI=1S/C21H39N7O5S2/c1-34-11-7-13(22)17(29)26-14(5-3-9-25-21(23)24)19(31)28-10-4-6-16(28)18(30)27-15(20(32)33)8-12-35-2/h13-16H,3-12,22H2,1-2H3,(H,26,29)(H,27,30)(H,32,33)(H4,23,24,25). The van der Waals surface area contributed by atoms with Crippen LogP contribution in [-0.2, 0) is 19.2 Å². The molecule has 0 radical (unpaired) electrons. The van der Waals surface area contributed by atoms with Gasteiger partial charge in [0.2, 0.25) is 17.7 Å². The van der Waals surface area contributed by atoms with Crippen molar-refractivity contribution in [2.75, 3.05) is 37.1 Å². The summed E-state index contributed by atoms with van der Waals surface area (Å²) in [6.45, 7) is 0.610. The Morgan fingerprint density at radius 2 is 1.71 bits per heavy atom. The SMILES string of the molecule is CSCCC(N)C(=O)NC(CCCN=C(N)N)C(=O)N1CCCC1C(=O)NC(CCSC)C(=O)O. The van der Waals surface area contributed by atoms with Gasteiger partial charge in [-0.15, -0.1) is 0 Å². The number of carboxylic acid groups (broad SMARTS) is 1. The van der Waals surface area contributed by atoms with E-state index in [0.29, 0.717) is 43.7 Å². The number of carbonyl (C=O) groups excluding carboxylic acids is 3. The van der Waals surface area contributed by atoms with Gasteiger partial charge >= 0.3 is 5.97 Å². The third-order valence-corrected chi connectivity index (χ3v) is 6.88. The number of thioether (sulfide) groups is 2. The summed E-state index contributed by atoms with van der Waals surface area (Å²) in [7, 11) is 0. The molecule has 0 saturated carbocycles. The highest BCUT2D eigenvalue weighted by Crippen LogP contribution is 2.20. The molecule has 0 spiro atoms. The summed E-state index contributed by atoms with van der Waals surface area (Å²) >= 11 is 3.05. The lowest BCUT2D eigenvalue weighted by Crippen LogP contribution is -2.56. The molecule has 9 N–H and O–H groups in total. The molecule has 12 nitrogen and oxygen atoms in total. The summed E-state index contributed by atoms with van der Waals surface area (Å²) in [5.41, 5.74) is 16.7. The van der Waals surface area contributed by atoms with E-state index in [1.807, 2.05) is 12.5 Å². The van der Waals surface area contributed by atoms with Gasteiger partial charge in [0.05, 0.1) is 6.04 Å². The molecule has 0 aromatic heterocycles. The molecule has 200 valence electrons. The average molecular weight is 534 g/mol. The third kappa shape index (κ3) is 10.9. The van der Waals surface area contributed by atoms with Crippen LogP contribution in [0.1, 0.15) is 38.5 Å². The van der Waals surface area contributed by atoms with Crippen molar-refractivity contribution < 1.29 is 24.3 Å². The number of nitrogens with two attached hydrogens (primary N) is 3. The molecule has 0 bridgehead atoms. The van der Waals surface area contributed by atoms with Crippen molar-refractivity contribution >= 4 is 53.2 Å². The topological polar surface area (TPSA) is 206 Å². The molecule has 3 amide bonds. The number of amides is 3. The van der Waals surface area contributed by atoms with Crippen LogP contribution in [0.2, 0.25) is 0 Å². The summed E-state index contributed by atoms with van der Waals surface area (Å²) < 4.78 is 0. The molecule has 14 heteroatoms. The van der Waals surface area contributed by atoms with Crippen LogP contribution in [0.5, 0.6) is 0 Å². The van der Waals surface area contributed by atoms with E-state index in [0.717, 1.165) is 0 Å². The second-order valence-corrected chi connectivity index (χ2v) is 10.2. The number of aliphatic imine (C=N–C) groups is 1. The van der Waals surface area contributed by atoms with Crippen molar-refractivity contribution in [3.8, 4) is 0 Å². The molecular weight excluding hydrogens is 494 g/mol. The molecule has 1 fully saturated rings. The molecule has 4 unspecified atom stereocenters. The maximum absolute atomic E-state index is 13.4. The Balaban J connectivity index is 2.94. The van der Waals surface area contributed by atoms with Crippen LogP contribution in [0.25, 0.3) is 0 Å². The summed E-state index contributed by atoms with van der Waals surface area (Å²) in [6, 6.07) is -3.50. The Bertz CT molecular complexity index is 752. The minimum absolute atomic E-state index is 0.0678. The minimum atomic E-state index is -1.12. The smallest absolute Gasteiger partial charge is 0.326 e. The van der Waals surface area contributed by atoms with Crippen molar-refractivity contribution in [3.63, 3.8) is 0 Å². The zero-order chi connectivity index (χ0) is 26.4. The molecule has 4 atom stereocenters. The average Bonchev–Trinajstić information content (AvgIpc) is 3.31. The lowest BCUT2D eigenvalue weighted by Gasteiger charge is -2.30. The molecule has 1 heterocycles. The van der Waals surface area contributed by atoms with Crippen molar-refractivity contribution in [2.24, 2.45) is 22.2 Å².